The van der Waals surface area contributed by atoms with Crippen LogP contribution in [0.3, 0.4) is 0 Å². The Morgan fingerprint density at radius 2 is 0.667 bits per heavy atom. The molecule has 6 aromatic carbocycles. The number of benzene rings is 6. The quantitative estimate of drug-likeness (QED) is 0.142. The number of carbonyl (C=O) groups is 2. The Hall–Kier alpha value is -6.66. The first-order chi connectivity index (χ1) is 26.4. The molecular formula is C48H42N4O2. The number of carbonyl (C=O) groups excluding carboxylic acids is 2. The number of hydrogen-bond acceptors (Lipinski definition) is 4. The first-order valence-electron chi connectivity index (χ1n) is 18.5. The molecule has 2 amide bonds. The highest BCUT2D eigenvalue weighted by atomic mass is 16.2. The molecule has 2 aliphatic heterocycles. The third-order valence-electron chi connectivity index (χ3n) is 10.5. The van der Waals surface area contributed by atoms with Gasteiger partial charge in [-0.3, -0.25) is 9.59 Å². The van der Waals surface area contributed by atoms with Crippen molar-refractivity contribution in [3.63, 3.8) is 0 Å². The SMILES string of the molecule is CCc1ccc(N(c2ccccc2)c2ccc(C3=C4C(=O)N(C)C(c5ccc(N(c6ccccc6)c6ccc(CC)cc6)cc5)=C4C(=O)N3C)cc2)cc1. The summed E-state index contributed by atoms with van der Waals surface area (Å²) in [5.74, 6) is -0.380. The molecule has 0 fully saturated rings. The van der Waals surface area contributed by atoms with Crippen LogP contribution >= 0.6 is 0 Å². The van der Waals surface area contributed by atoms with E-state index in [1.165, 1.54) is 11.1 Å². The molecule has 0 saturated carbocycles. The van der Waals surface area contributed by atoms with Gasteiger partial charge in [0.1, 0.15) is 0 Å². The van der Waals surface area contributed by atoms with Gasteiger partial charge in [0.15, 0.2) is 0 Å². The van der Waals surface area contributed by atoms with Crippen molar-refractivity contribution in [2.75, 3.05) is 23.9 Å². The molecule has 8 rings (SSSR count). The second-order valence-electron chi connectivity index (χ2n) is 13.7. The zero-order chi connectivity index (χ0) is 37.3. The number of fused-ring (bicyclic) bond motifs is 1. The Morgan fingerprint density at radius 3 is 0.963 bits per heavy atom. The first-order valence-corrected chi connectivity index (χ1v) is 18.5. The van der Waals surface area contributed by atoms with Crippen molar-refractivity contribution >= 4 is 57.3 Å². The molecule has 0 unspecified atom stereocenters. The van der Waals surface area contributed by atoms with Crippen molar-refractivity contribution in [2.24, 2.45) is 0 Å². The maximum Gasteiger partial charge on any atom is 0.261 e. The Balaban J connectivity index is 1.16. The molecule has 0 aromatic heterocycles. The fraction of sp³-hybridized carbons (Fsp3) is 0.125. The lowest BCUT2D eigenvalue weighted by atomic mass is 10.0. The molecule has 0 atom stereocenters. The molecule has 6 nitrogen and oxygen atoms in total. The Bertz CT molecular complexity index is 2210. The first kappa shape index (κ1) is 34.4. The molecule has 0 saturated heterocycles. The van der Waals surface area contributed by atoms with Gasteiger partial charge in [0.05, 0.1) is 22.5 Å². The van der Waals surface area contributed by atoms with E-state index in [9.17, 15) is 9.59 Å². The van der Waals surface area contributed by atoms with E-state index < -0.39 is 0 Å². The topological polar surface area (TPSA) is 47.1 Å². The van der Waals surface area contributed by atoms with Crippen LogP contribution in [0.2, 0.25) is 0 Å². The normalized spacial score (nSPS) is 13.9. The standard InChI is InChI=1S/C48H42N4O2/c1-5-33-17-25-39(26-18-33)51(37-13-9-7-10-14-37)41-29-21-35(22-30-41)45-43-44(48(54)49(45)3)46(50(4)47(43)53)36-23-31-42(32-24-36)52(38-15-11-8-12-16-38)40-27-19-34(6-2)20-28-40/h7-32H,5-6H2,1-4H3. The third kappa shape index (κ3) is 6.05. The summed E-state index contributed by atoms with van der Waals surface area (Å²) in [6, 6.07) is 54.0. The van der Waals surface area contributed by atoms with E-state index >= 15 is 0 Å². The average molecular weight is 707 g/mol. The second-order valence-corrected chi connectivity index (χ2v) is 13.7. The number of para-hydroxylation sites is 2. The number of aryl methyl sites for hydroxylation is 2. The van der Waals surface area contributed by atoms with Crippen molar-refractivity contribution in [1.82, 2.24) is 9.80 Å². The van der Waals surface area contributed by atoms with Crippen LogP contribution in [0.4, 0.5) is 34.1 Å². The van der Waals surface area contributed by atoms with Gasteiger partial charge in [-0.05, 0) is 108 Å². The maximum atomic E-state index is 14.1. The molecule has 0 radical (unpaired) electrons. The minimum absolute atomic E-state index is 0.190. The Kier molecular flexibility index (Phi) is 9.18. The van der Waals surface area contributed by atoms with Crippen LogP contribution < -0.4 is 9.80 Å². The molecule has 2 aliphatic rings. The van der Waals surface area contributed by atoms with Crippen molar-refractivity contribution in [2.45, 2.75) is 26.7 Å². The van der Waals surface area contributed by atoms with Crippen LogP contribution in [0.15, 0.2) is 169 Å². The van der Waals surface area contributed by atoms with Gasteiger partial charge < -0.3 is 19.6 Å². The van der Waals surface area contributed by atoms with Crippen LogP contribution in [0, 0.1) is 0 Å². The lowest BCUT2D eigenvalue weighted by Gasteiger charge is -2.26. The highest BCUT2D eigenvalue weighted by Gasteiger charge is 2.46. The fourth-order valence-corrected chi connectivity index (χ4v) is 7.55. The summed E-state index contributed by atoms with van der Waals surface area (Å²) in [5, 5.41) is 0. The van der Waals surface area contributed by atoms with E-state index in [1.807, 2.05) is 60.7 Å². The van der Waals surface area contributed by atoms with E-state index in [2.05, 4.69) is 121 Å². The average Bonchev–Trinajstić information content (AvgIpc) is 3.63. The summed E-state index contributed by atoms with van der Waals surface area (Å²) >= 11 is 0. The van der Waals surface area contributed by atoms with Gasteiger partial charge >= 0.3 is 0 Å². The van der Waals surface area contributed by atoms with E-state index in [4.69, 9.17) is 0 Å². The van der Waals surface area contributed by atoms with Crippen LogP contribution in [0.5, 0.6) is 0 Å². The number of anilines is 6. The largest absolute Gasteiger partial charge is 0.311 e. The van der Waals surface area contributed by atoms with Gasteiger partial charge in [0.25, 0.3) is 11.8 Å². The van der Waals surface area contributed by atoms with Crippen molar-refractivity contribution in [3.8, 4) is 0 Å². The highest BCUT2D eigenvalue weighted by Crippen LogP contribution is 2.46. The molecule has 6 heteroatoms. The molecule has 0 N–H and O–H groups in total. The van der Waals surface area contributed by atoms with Crippen LogP contribution in [-0.2, 0) is 22.4 Å². The Labute approximate surface area is 317 Å². The van der Waals surface area contributed by atoms with Crippen LogP contribution in [0.25, 0.3) is 11.4 Å². The molecule has 0 spiro atoms. The minimum atomic E-state index is -0.190. The summed E-state index contributed by atoms with van der Waals surface area (Å²) in [5.41, 5.74) is 12.4. The van der Waals surface area contributed by atoms with Gasteiger partial charge in [-0.15, -0.1) is 0 Å². The minimum Gasteiger partial charge on any atom is -0.311 e. The van der Waals surface area contributed by atoms with E-state index in [0.29, 0.717) is 22.5 Å². The van der Waals surface area contributed by atoms with Gasteiger partial charge in [-0.2, -0.15) is 0 Å². The number of hydrogen-bond donors (Lipinski definition) is 0. The summed E-state index contributed by atoms with van der Waals surface area (Å²) in [4.78, 5) is 35.8. The number of nitrogens with zero attached hydrogens (tertiary/aromatic N) is 4. The van der Waals surface area contributed by atoms with Gasteiger partial charge in [-0.25, -0.2) is 0 Å². The van der Waals surface area contributed by atoms with Crippen LogP contribution in [0.1, 0.15) is 36.1 Å². The summed E-state index contributed by atoms with van der Waals surface area (Å²) < 4.78 is 0. The maximum absolute atomic E-state index is 14.1. The lowest BCUT2D eigenvalue weighted by molar-refractivity contribution is -0.123. The molecule has 0 bridgehead atoms. The predicted molar refractivity (Wildman–Crippen MR) is 220 cm³/mol. The molecular weight excluding hydrogens is 665 g/mol. The highest BCUT2D eigenvalue weighted by molar-refractivity contribution is 6.30. The molecule has 54 heavy (non-hydrogen) atoms. The predicted octanol–water partition coefficient (Wildman–Crippen LogP) is 10.8. The zero-order valence-electron chi connectivity index (χ0n) is 31.0. The molecule has 0 aliphatic carbocycles. The molecule has 2 heterocycles. The number of rotatable bonds is 10. The summed E-state index contributed by atoms with van der Waals surface area (Å²) in [6.45, 7) is 4.31. The van der Waals surface area contributed by atoms with Crippen molar-refractivity contribution in [3.05, 3.63) is 191 Å². The van der Waals surface area contributed by atoms with E-state index in [1.54, 1.807) is 23.9 Å². The molecule has 266 valence electrons. The fourth-order valence-electron chi connectivity index (χ4n) is 7.55. The number of likely N-dealkylation sites (N-methyl/N-ethyl adjacent to an activating group) is 2. The number of amides is 2. The monoisotopic (exact) mass is 706 g/mol. The van der Waals surface area contributed by atoms with E-state index in [-0.39, 0.29) is 11.8 Å². The lowest BCUT2D eigenvalue weighted by Crippen LogP contribution is -2.25. The zero-order valence-corrected chi connectivity index (χ0v) is 31.0. The smallest absolute Gasteiger partial charge is 0.261 e. The summed E-state index contributed by atoms with van der Waals surface area (Å²) in [6.07, 6.45) is 1.95. The van der Waals surface area contributed by atoms with Crippen LogP contribution in [-0.4, -0.2) is 35.7 Å². The third-order valence-corrected chi connectivity index (χ3v) is 10.5. The van der Waals surface area contributed by atoms with Crippen molar-refractivity contribution < 1.29 is 9.59 Å². The Morgan fingerprint density at radius 1 is 0.389 bits per heavy atom. The van der Waals surface area contributed by atoms with Crippen molar-refractivity contribution in [1.29, 1.82) is 0 Å². The van der Waals surface area contributed by atoms with E-state index in [0.717, 1.165) is 58.1 Å². The van der Waals surface area contributed by atoms with Gasteiger partial charge in [0.2, 0.25) is 0 Å². The molecule has 6 aromatic rings. The van der Waals surface area contributed by atoms with Gasteiger partial charge in [-0.1, -0.05) is 98.8 Å². The second kappa shape index (κ2) is 14.4. The summed E-state index contributed by atoms with van der Waals surface area (Å²) in [7, 11) is 3.51. The van der Waals surface area contributed by atoms with Gasteiger partial charge in [0, 0.05) is 48.2 Å².